The van der Waals surface area contributed by atoms with Crippen LogP contribution in [0.2, 0.25) is 0 Å². The number of carbonyl (C=O) groups excluding carboxylic acids is 2. The monoisotopic (exact) mass is 579 g/mol. The number of nitrogens with zero attached hydrogens (tertiary/aromatic N) is 5. The minimum atomic E-state index is -0.0778. The van der Waals surface area contributed by atoms with Crippen molar-refractivity contribution in [3.8, 4) is 23.0 Å². The summed E-state index contributed by atoms with van der Waals surface area (Å²) in [5.74, 6) is 3.01. The van der Waals surface area contributed by atoms with Crippen molar-refractivity contribution in [2.75, 3.05) is 0 Å². The molecular weight excluding hydrogens is 550 g/mol. The Hall–Kier alpha value is -4.83. The Morgan fingerprint density at radius 2 is 1.40 bits per heavy atom. The minimum absolute atomic E-state index is 0.0778. The molecule has 0 N–H and O–H groups in total. The van der Waals surface area contributed by atoms with Crippen LogP contribution in [0.15, 0.2) is 91.1 Å². The van der Waals surface area contributed by atoms with Gasteiger partial charge in [-0.15, -0.1) is 11.3 Å². The van der Waals surface area contributed by atoms with E-state index in [1.54, 1.807) is 79.6 Å². The van der Waals surface area contributed by atoms with Gasteiger partial charge in [-0.3, -0.25) is 29.5 Å². The number of Topliss-reactive ketones (excluding diaryl/α,β-unsaturated/α-hetero) is 2. The molecule has 5 aromatic rings. The summed E-state index contributed by atoms with van der Waals surface area (Å²) in [6, 6.07) is 14.0. The first-order chi connectivity index (χ1) is 20.5. The number of hydrogen-bond acceptors (Lipinski definition) is 10. The summed E-state index contributed by atoms with van der Waals surface area (Å²) in [4.78, 5) is 44.9. The van der Waals surface area contributed by atoms with Crippen molar-refractivity contribution in [2.45, 2.75) is 39.0 Å². The second kappa shape index (κ2) is 14.2. The fourth-order valence-electron chi connectivity index (χ4n) is 4.12. The molecule has 42 heavy (non-hydrogen) atoms. The fourth-order valence-corrected chi connectivity index (χ4v) is 4.89. The Kier molecular flexibility index (Phi) is 9.69. The number of pyridine rings is 4. The average Bonchev–Trinajstić information content (AvgIpc) is 3.40. The predicted octanol–water partition coefficient (Wildman–Crippen LogP) is 7.10. The number of thiazole rings is 1. The average molecular weight is 580 g/mol. The molecule has 6 rings (SSSR count). The third-order valence-corrected chi connectivity index (χ3v) is 7.42. The summed E-state index contributed by atoms with van der Waals surface area (Å²) >= 11 is 1.48. The lowest BCUT2D eigenvalue weighted by Crippen LogP contribution is -2.16. The Bertz CT molecular complexity index is 1620. The van der Waals surface area contributed by atoms with Gasteiger partial charge in [0.2, 0.25) is 0 Å². The Morgan fingerprint density at radius 3 is 1.88 bits per heavy atom. The molecule has 1 fully saturated rings. The smallest absolute Gasteiger partial charge is 0.188 e. The standard InChI is InChI=1S/C16H13N3O2S.C16H16N2O2/c1-11-10-22-16(19-11)8-15(20)14-7-12(4-6-18-14)21-13-3-2-5-17-9-13;19-16(9-12-3-1-4-12)15-10-13(6-8-18-15)20-14-5-2-7-17-11-14/h2-7,9-10H,8H2,1H3;2,5-8,10-12H,1,3-4,9H2. The van der Waals surface area contributed by atoms with Gasteiger partial charge in [0, 0.05) is 54.4 Å². The van der Waals surface area contributed by atoms with Crippen molar-refractivity contribution < 1.29 is 19.1 Å². The van der Waals surface area contributed by atoms with Gasteiger partial charge in [-0.05, 0) is 49.2 Å². The normalized spacial score (nSPS) is 12.4. The van der Waals surface area contributed by atoms with Crippen molar-refractivity contribution in [1.29, 1.82) is 0 Å². The SMILES string of the molecule is Cc1csc(CC(=O)c2cc(Oc3cccnc3)ccn2)n1.O=C(CC1CCC1)c1cc(Oc2cccnc2)ccn1. The molecule has 0 saturated heterocycles. The van der Waals surface area contributed by atoms with Crippen molar-refractivity contribution in [3.63, 3.8) is 0 Å². The van der Waals surface area contributed by atoms with Crippen LogP contribution < -0.4 is 9.47 Å². The van der Waals surface area contributed by atoms with Gasteiger partial charge < -0.3 is 9.47 Å². The maximum absolute atomic E-state index is 12.3. The molecule has 1 aliphatic carbocycles. The van der Waals surface area contributed by atoms with E-state index in [0.717, 1.165) is 23.5 Å². The van der Waals surface area contributed by atoms with Gasteiger partial charge in [-0.1, -0.05) is 19.3 Å². The number of rotatable bonds is 10. The fraction of sp³-hybridized carbons (Fsp3) is 0.219. The molecular formula is C32H29N5O4S. The van der Waals surface area contributed by atoms with E-state index in [1.165, 1.54) is 17.8 Å². The summed E-state index contributed by atoms with van der Waals surface area (Å²) in [5, 5.41) is 2.72. The van der Waals surface area contributed by atoms with E-state index in [2.05, 4.69) is 24.9 Å². The molecule has 0 aromatic carbocycles. The molecule has 0 atom stereocenters. The maximum atomic E-state index is 12.3. The van der Waals surface area contributed by atoms with Crippen LogP contribution in [-0.2, 0) is 6.42 Å². The van der Waals surface area contributed by atoms with Gasteiger partial charge in [-0.25, -0.2) is 4.98 Å². The minimum Gasteiger partial charge on any atom is -0.456 e. The van der Waals surface area contributed by atoms with Crippen LogP contribution in [-0.4, -0.2) is 36.5 Å². The molecule has 0 unspecified atom stereocenters. The van der Waals surface area contributed by atoms with Gasteiger partial charge in [0.15, 0.2) is 11.6 Å². The lowest BCUT2D eigenvalue weighted by atomic mass is 9.81. The molecule has 5 heterocycles. The molecule has 0 aliphatic heterocycles. The van der Waals surface area contributed by atoms with E-state index in [0.29, 0.717) is 46.7 Å². The zero-order chi connectivity index (χ0) is 29.1. The Labute approximate surface area is 247 Å². The maximum Gasteiger partial charge on any atom is 0.188 e. The van der Waals surface area contributed by atoms with Crippen LogP contribution in [0.3, 0.4) is 0 Å². The van der Waals surface area contributed by atoms with E-state index in [1.807, 2.05) is 18.4 Å². The molecule has 0 amide bonds. The van der Waals surface area contributed by atoms with E-state index in [9.17, 15) is 9.59 Å². The summed E-state index contributed by atoms with van der Waals surface area (Å²) in [6.07, 6.45) is 14.2. The number of aryl methyl sites for hydroxylation is 1. The second-order valence-electron chi connectivity index (χ2n) is 9.74. The highest BCUT2D eigenvalue weighted by atomic mass is 32.1. The largest absolute Gasteiger partial charge is 0.456 e. The van der Waals surface area contributed by atoms with Gasteiger partial charge in [0.05, 0.1) is 18.8 Å². The van der Waals surface area contributed by atoms with Gasteiger partial charge >= 0.3 is 0 Å². The molecule has 1 saturated carbocycles. The molecule has 0 bridgehead atoms. The highest BCUT2D eigenvalue weighted by Crippen LogP contribution is 2.31. The summed E-state index contributed by atoms with van der Waals surface area (Å²) in [6.45, 7) is 1.91. The number of hydrogen-bond donors (Lipinski definition) is 0. The van der Waals surface area contributed by atoms with Gasteiger partial charge in [0.25, 0.3) is 0 Å². The van der Waals surface area contributed by atoms with Crippen LogP contribution >= 0.6 is 11.3 Å². The lowest BCUT2D eigenvalue weighted by molar-refractivity contribution is 0.0930. The summed E-state index contributed by atoms with van der Waals surface area (Å²) < 4.78 is 11.3. The predicted molar refractivity (Wildman–Crippen MR) is 158 cm³/mol. The first-order valence-corrected chi connectivity index (χ1v) is 14.4. The van der Waals surface area contributed by atoms with Crippen molar-refractivity contribution in [3.05, 3.63) is 113 Å². The molecule has 5 aromatic heterocycles. The van der Waals surface area contributed by atoms with Gasteiger partial charge in [0.1, 0.15) is 39.4 Å². The lowest BCUT2D eigenvalue weighted by Gasteiger charge is -2.24. The molecule has 0 radical (unpaired) electrons. The number of ether oxygens (including phenoxy) is 2. The number of ketones is 2. The molecule has 9 nitrogen and oxygen atoms in total. The van der Waals surface area contributed by atoms with E-state index < -0.39 is 0 Å². The molecule has 212 valence electrons. The third kappa shape index (κ3) is 8.34. The van der Waals surface area contributed by atoms with Crippen molar-refractivity contribution in [1.82, 2.24) is 24.9 Å². The first-order valence-electron chi connectivity index (χ1n) is 13.6. The quantitative estimate of drug-likeness (QED) is 0.160. The van der Waals surface area contributed by atoms with E-state index in [-0.39, 0.29) is 18.0 Å². The van der Waals surface area contributed by atoms with E-state index >= 15 is 0 Å². The Morgan fingerprint density at radius 1 is 0.810 bits per heavy atom. The van der Waals surface area contributed by atoms with Crippen molar-refractivity contribution >= 4 is 22.9 Å². The molecule has 1 aliphatic rings. The molecule has 0 spiro atoms. The van der Waals surface area contributed by atoms with E-state index in [4.69, 9.17) is 9.47 Å². The number of carbonyl (C=O) groups is 2. The van der Waals surface area contributed by atoms with Crippen LogP contribution in [0.25, 0.3) is 0 Å². The zero-order valence-corrected chi connectivity index (χ0v) is 23.9. The second-order valence-corrected chi connectivity index (χ2v) is 10.7. The Balaban J connectivity index is 0.000000169. The zero-order valence-electron chi connectivity index (χ0n) is 23.1. The van der Waals surface area contributed by atoms with Crippen LogP contribution in [0.5, 0.6) is 23.0 Å². The highest BCUT2D eigenvalue weighted by molar-refractivity contribution is 7.09. The number of aromatic nitrogens is 5. The highest BCUT2D eigenvalue weighted by Gasteiger charge is 2.22. The summed E-state index contributed by atoms with van der Waals surface area (Å²) in [7, 11) is 0. The first kappa shape index (κ1) is 28.7. The topological polar surface area (TPSA) is 117 Å². The molecule has 10 heteroatoms. The van der Waals surface area contributed by atoms with Gasteiger partial charge in [-0.2, -0.15) is 0 Å². The third-order valence-electron chi connectivity index (χ3n) is 6.45. The van der Waals surface area contributed by atoms with Crippen LogP contribution in [0.4, 0.5) is 0 Å². The van der Waals surface area contributed by atoms with Crippen LogP contribution in [0.1, 0.15) is 57.4 Å². The van der Waals surface area contributed by atoms with Crippen molar-refractivity contribution in [2.24, 2.45) is 5.92 Å². The summed E-state index contributed by atoms with van der Waals surface area (Å²) in [5.41, 5.74) is 1.78. The van der Waals surface area contributed by atoms with Crippen LogP contribution in [0, 0.1) is 12.8 Å².